The number of rotatable bonds is 10. The largest absolute Gasteiger partial charge is 0.481 e. The number of carboxylic acid groups (broad SMARTS) is 1. The first-order valence-corrected chi connectivity index (χ1v) is 15.4. The van der Waals surface area contributed by atoms with E-state index in [4.69, 9.17) is 9.84 Å². The highest BCUT2D eigenvalue weighted by Crippen LogP contribution is 2.29. The molecule has 43 heavy (non-hydrogen) atoms. The molecule has 0 spiro atoms. The molecule has 0 bridgehead atoms. The number of pyridine rings is 1. The van der Waals surface area contributed by atoms with Gasteiger partial charge in [0.1, 0.15) is 0 Å². The fourth-order valence-corrected chi connectivity index (χ4v) is 6.12. The second-order valence-corrected chi connectivity index (χ2v) is 12.3. The number of hydrogen-bond acceptors (Lipinski definition) is 10. The number of nitrogens with one attached hydrogen (secondary N) is 1. The fraction of sp³-hybridized carbons (Fsp3) is 0.483. The SMILES string of the molecule is CC1CCN(Cc2ccc(C(=O)Nc3ccc(OC(=O)N4CCC(Sc5nnnn5CCC(=O)O)CC4)nc3)cc2)CC1. The standard InChI is InChI=1S/C29H36N8O5S/c1-20-8-13-35(14-9-20)19-21-2-4-22(5-3-21)27(40)31-23-6-7-25(30-18-23)42-29(41)36-15-10-24(11-16-36)43-28-32-33-34-37(28)17-12-26(38)39/h2-7,18,20,24H,8-17,19H2,1H3,(H,31,40)(H,38,39). The van der Waals surface area contributed by atoms with Gasteiger partial charge >= 0.3 is 12.1 Å². The molecule has 2 amide bonds. The van der Waals surface area contributed by atoms with Gasteiger partial charge in [-0.1, -0.05) is 30.8 Å². The van der Waals surface area contributed by atoms with Crippen LogP contribution in [0.25, 0.3) is 0 Å². The Morgan fingerprint density at radius 2 is 1.77 bits per heavy atom. The van der Waals surface area contributed by atoms with E-state index in [1.54, 1.807) is 17.0 Å². The smallest absolute Gasteiger partial charge is 0.416 e. The molecule has 0 atom stereocenters. The van der Waals surface area contributed by atoms with Crippen LogP contribution in [0.15, 0.2) is 47.8 Å². The summed E-state index contributed by atoms with van der Waals surface area (Å²) in [7, 11) is 0. The number of aliphatic carboxylic acids is 1. The minimum atomic E-state index is -0.911. The summed E-state index contributed by atoms with van der Waals surface area (Å²) in [6.45, 7) is 6.63. The van der Waals surface area contributed by atoms with Gasteiger partial charge in [-0.2, -0.15) is 0 Å². The molecule has 0 aliphatic carbocycles. The number of hydrogen-bond donors (Lipinski definition) is 2. The van der Waals surface area contributed by atoms with E-state index in [1.165, 1.54) is 41.0 Å². The lowest BCUT2D eigenvalue weighted by molar-refractivity contribution is -0.137. The third kappa shape index (κ3) is 8.74. The highest BCUT2D eigenvalue weighted by atomic mass is 32.2. The number of aromatic nitrogens is 5. The number of tetrazole rings is 1. The van der Waals surface area contributed by atoms with Crippen molar-refractivity contribution < 1.29 is 24.2 Å². The number of likely N-dealkylation sites (tertiary alicyclic amines) is 2. The molecule has 2 aliphatic heterocycles. The number of ether oxygens (including phenoxy) is 1. The van der Waals surface area contributed by atoms with Crippen molar-refractivity contribution in [3.63, 3.8) is 0 Å². The Bertz CT molecular complexity index is 1380. The zero-order valence-corrected chi connectivity index (χ0v) is 24.9. The molecule has 5 rings (SSSR count). The van der Waals surface area contributed by atoms with Crippen LogP contribution in [0.5, 0.6) is 5.88 Å². The van der Waals surface area contributed by atoms with Crippen LogP contribution in [-0.2, 0) is 17.9 Å². The van der Waals surface area contributed by atoms with Gasteiger partial charge in [0.05, 0.1) is 24.8 Å². The van der Waals surface area contributed by atoms with Crippen molar-refractivity contribution in [2.45, 2.75) is 62.5 Å². The van der Waals surface area contributed by atoms with Crippen LogP contribution in [0.2, 0.25) is 0 Å². The van der Waals surface area contributed by atoms with E-state index in [0.717, 1.165) is 25.6 Å². The molecule has 228 valence electrons. The number of carbonyl (C=O) groups excluding carboxylic acids is 2. The zero-order chi connectivity index (χ0) is 30.2. The lowest BCUT2D eigenvalue weighted by Crippen LogP contribution is -2.41. The number of nitrogens with zero attached hydrogens (tertiary/aromatic N) is 7. The molecule has 3 aromatic rings. The topological polar surface area (TPSA) is 156 Å². The van der Waals surface area contributed by atoms with Crippen molar-refractivity contribution in [2.24, 2.45) is 5.92 Å². The maximum Gasteiger partial charge on any atom is 0.416 e. The van der Waals surface area contributed by atoms with Crippen LogP contribution in [0, 0.1) is 5.92 Å². The van der Waals surface area contributed by atoms with Gasteiger partial charge in [0.2, 0.25) is 11.0 Å². The van der Waals surface area contributed by atoms with Crippen molar-refractivity contribution in [1.29, 1.82) is 0 Å². The highest BCUT2D eigenvalue weighted by Gasteiger charge is 2.26. The van der Waals surface area contributed by atoms with Crippen LogP contribution < -0.4 is 10.1 Å². The second kappa shape index (κ2) is 14.4. The lowest BCUT2D eigenvalue weighted by Gasteiger charge is -2.30. The van der Waals surface area contributed by atoms with E-state index in [0.29, 0.717) is 42.3 Å². The number of anilines is 1. The average molecular weight is 609 g/mol. The van der Waals surface area contributed by atoms with E-state index in [1.807, 2.05) is 24.3 Å². The molecule has 13 nitrogen and oxygen atoms in total. The molecule has 4 heterocycles. The first-order valence-electron chi connectivity index (χ1n) is 14.5. The fourth-order valence-electron chi connectivity index (χ4n) is 5.04. The van der Waals surface area contributed by atoms with Crippen molar-refractivity contribution in [3.05, 3.63) is 53.7 Å². The van der Waals surface area contributed by atoms with Gasteiger partial charge in [-0.3, -0.25) is 14.5 Å². The summed E-state index contributed by atoms with van der Waals surface area (Å²) in [6.07, 6.45) is 4.80. The summed E-state index contributed by atoms with van der Waals surface area (Å²) >= 11 is 1.49. The molecule has 0 unspecified atom stereocenters. The maximum atomic E-state index is 12.7. The minimum absolute atomic E-state index is 0.0589. The second-order valence-electron chi connectivity index (χ2n) is 11.0. The van der Waals surface area contributed by atoms with E-state index in [9.17, 15) is 14.4 Å². The predicted octanol–water partition coefficient (Wildman–Crippen LogP) is 3.78. The van der Waals surface area contributed by atoms with Gasteiger partial charge in [-0.15, -0.1) is 5.10 Å². The first-order chi connectivity index (χ1) is 20.8. The number of amides is 2. The van der Waals surface area contributed by atoms with Crippen LogP contribution in [0.4, 0.5) is 10.5 Å². The molecule has 2 saturated heterocycles. The van der Waals surface area contributed by atoms with Gasteiger partial charge in [-0.05, 0) is 78.9 Å². The van der Waals surface area contributed by atoms with Gasteiger partial charge < -0.3 is 20.1 Å². The number of thioether (sulfide) groups is 1. The molecule has 1 aromatic carbocycles. The third-order valence-electron chi connectivity index (χ3n) is 7.69. The average Bonchev–Trinajstić information content (AvgIpc) is 3.45. The van der Waals surface area contributed by atoms with Crippen molar-refractivity contribution in [3.8, 4) is 5.88 Å². The van der Waals surface area contributed by atoms with E-state index in [-0.39, 0.29) is 30.0 Å². The zero-order valence-electron chi connectivity index (χ0n) is 24.1. The summed E-state index contributed by atoms with van der Waals surface area (Å²) in [5.41, 5.74) is 2.25. The summed E-state index contributed by atoms with van der Waals surface area (Å²) in [5.74, 6) is -0.202. The van der Waals surface area contributed by atoms with Crippen LogP contribution in [-0.4, -0.2) is 89.5 Å². The molecule has 2 aliphatic rings. The summed E-state index contributed by atoms with van der Waals surface area (Å²) in [4.78, 5) is 44.6. The van der Waals surface area contributed by atoms with Crippen molar-refractivity contribution in [2.75, 3.05) is 31.5 Å². The molecular formula is C29H36N8O5S. The first kappa shape index (κ1) is 30.4. The van der Waals surface area contributed by atoms with Gasteiger partial charge in [0.25, 0.3) is 5.91 Å². The normalized spacial score (nSPS) is 16.6. The van der Waals surface area contributed by atoms with E-state index in [2.05, 4.69) is 37.6 Å². The maximum absolute atomic E-state index is 12.7. The van der Waals surface area contributed by atoms with Gasteiger partial charge in [0.15, 0.2) is 0 Å². The predicted molar refractivity (Wildman–Crippen MR) is 159 cm³/mol. The van der Waals surface area contributed by atoms with Crippen LogP contribution in [0.1, 0.15) is 54.9 Å². The number of carbonyl (C=O) groups is 3. The minimum Gasteiger partial charge on any atom is -0.481 e. The van der Waals surface area contributed by atoms with Crippen molar-refractivity contribution >= 4 is 35.4 Å². The van der Waals surface area contributed by atoms with Crippen molar-refractivity contribution in [1.82, 2.24) is 35.0 Å². The number of benzene rings is 1. The Hall–Kier alpha value is -4.04. The van der Waals surface area contributed by atoms with Crippen LogP contribution in [0.3, 0.4) is 0 Å². The third-order valence-corrected chi connectivity index (χ3v) is 9.00. The monoisotopic (exact) mass is 608 g/mol. The highest BCUT2D eigenvalue weighted by molar-refractivity contribution is 7.99. The summed E-state index contributed by atoms with van der Waals surface area (Å²) in [6, 6.07) is 10.9. The molecule has 2 aromatic heterocycles. The molecule has 14 heteroatoms. The van der Waals surface area contributed by atoms with E-state index >= 15 is 0 Å². The Kier molecular flexibility index (Phi) is 10.2. The molecular weight excluding hydrogens is 572 g/mol. The molecule has 0 saturated carbocycles. The summed E-state index contributed by atoms with van der Waals surface area (Å²) in [5, 5.41) is 24.0. The number of piperidine rings is 2. The molecule has 2 N–H and O–H groups in total. The summed E-state index contributed by atoms with van der Waals surface area (Å²) < 4.78 is 6.95. The number of aryl methyl sites for hydroxylation is 1. The van der Waals surface area contributed by atoms with Crippen LogP contribution >= 0.6 is 11.8 Å². The quantitative estimate of drug-likeness (QED) is 0.345. The Morgan fingerprint density at radius 1 is 1.02 bits per heavy atom. The van der Waals surface area contributed by atoms with E-state index < -0.39 is 12.1 Å². The Morgan fingerprint density at radius 3 is 2.44 bits per heavy atom. The Balaban J connectivity index is 1.04. The lowest BCUT2D eigenvalue weighted by atomic mass is 9.99. The molecule has 0 radical (unpaired) electrons. The molecule has 2 fully saturated rings. The van der Waals surface area contributed by atoms with Gasteiger partial charge in [0, 0.05) is 36.5 Å². The Labute approximate surface area is 254 Å². The number of carboxylic acids is 1. The van der Waals surface area contributed by atoms with Gasteiger partial charge in [-0.25, -0.2) is 14.5 Å².